The van der Waals surface area contributed by atoms with E-state index < -0.39 is 11.6 Å². The van der Waals surface area contributed by atoms with Gasteiger partial charge in [0.1, 0.15) is 17.0 Å². The maximum Gasteiger partial charge on any atom is 0.345 e. The topological polar surface area (TPSA) is 88.0 Å². The van der Waals surface area contributed by atoms with E-state index in [1.54, 1.807) is 6.07 Å². The number of carbonyl (C=O) groups excluding carboxylic acids is 1. The normalized spacial score (nSPS) is 11.6. The molecular weight excluding hydrogens is 306 g/mol. The molecule has 124 valence electrons. The van der Waals surface area contributed by atoms with Crippen LogP contribution in [0.2, 0.25) is 0 Å². The molecule has 0 fully saturated rings. The summed E-state index contributed by atoms with van der Waals surface area (Å²) in [6.07, 6.45) is 0. The molecule has 0 spiro atoms. The van der Waals surface area contributed by atoms with E-state index in [9.17, 15) is 9.59 Å². The first-order valence-electron chi connectivity index (χ1n) is 7.70. The first-order valence-corrected chi connectivity index (χ1v) is 7.70. The van der Waals surface area contributed by atoms with Gasteiger partial charge >= 0.3 is 5.69 Å². The number of hydrogen-bond acceptors (Lipinski definition) is 4. The second-order valence-corrected chi connectivity index (χ2v) is 6.67. The Bertz CT molecular complexity index is 915. The third-order valence-corrected chi connectivity index (χ3v) is 3.69. The van der Waals surface area contributed by atoms with E-state index >= 15 is 0 Å². The molecule has 0 saturated carbocycles. The van der Waals surface area contributed by atoms with Crippen LogP contribution in [0, 0.1) is 0 Å². The Morgan fingerprint density at radius 2 is 2.00 bits per heavy atom. The van der Waals surface area contributed by atoms with Gasteiger partial charge in [0.15, 0.2) is 0 Å². The second-order valence-electron chi connectivity index (χ2n) is 6.67. The van der Waals surface area contributed by atoms with Gasteiger partial charge in [-0.05, 0) is 18.2 Å². The molecule has 0 atom stereocenters. The van der Waals surface area contributed by atoms with E-state index in [2.05, 4.69) is 15.3 Å². The predicted octanol–water partition coefficient (Wildman–Crippen LogP) is 2.74. The van der Waals surface area contributed by atoms with Crippen molar-refractivity contribution in [2.45, 2.75) is 32.7 Å². The Morgan fingerprint density at radius 3 is 2.71 bits per heavy atom. The zero-order valence-electron chi connectivity index (χ0n) is 13.8. The third-order valence-electron chi connectivity index (χ3n) is 3.69. The number of amides is 1. The van der Waals surface area contributed by atoms with Crippen LogP contribution in [0.5, 0.6) is 0 Å². The van der Waals surface area contributed by atoms with Crippen molar-refractivity contribution in [3.8, 4) is 0 Å². The number of aromatic nitrogens is 2. The minimum absolute atomic E-state index is 0.0970. The van der Waals surface area contributed by atoms with Gasteiger partial charge in [-0.3, -0.25) is 4.79 Å². The van der Waals surface area contributed by atoms with E-state index in [4.69, 9.17) is 4.42 Å². The maximum atomic E-state index is 12.3. The van der Waals surface area contributed by atoms with Crippen LogP contribution in [0.1, 0.15) is 42.7 Å². The molecule has 0 aliphatic carbocycles. The van der Waals surface area contributed by atoms with Crippen LogP contribution in [-0.2, 0) is 12.0 Å². The van der Waals surface area contributed by atoms with Crippen molar-refractivity contribution in [2.24, 2.45) is 0 Å². The van der Waals surface area contributed by atoms with Crippen molar-refractivity contribution < 1.29 is 9.21 Å². The monoisotopic (exact) mass is 325 g/mol. The van der Waals surface area contributed by atoms with Crippen molar-refractivity contribution in [3.63, 3.8) is 0 Å². The Labute approximate surface area is 138 Å². The van der Waals surface area contributed by atoms with Crippen molar-refractivity contribution in [3.05, 3.63) is 64.0 Å². The number of nitrogens with one attached hydrogen (secondary N) is 2. The summed E-state index contributed by atoms with van der Waals surface area (Å²) in [6, 6.07) is 11.1. The molecular formula is C18H19N3O3. The number of rotatable bonds is 3. The average Bonchev–Trinajstić information content (AvgIpc) is 2.94. The summed E-state index contributed by atoms with van der Waals surface area (Å²) in [7, 11) is 0. The molecule has 0 saturated heterocycles. The van der Waals surface area contributed by atoms with Gasteiger partial charge in [0.25, 0.3) is 5.91 Å². The molecule has 24 heavy (non-hydrogen) atoms. The van der Waals surface area contributed by atoms with E-state index in [1.165, 1.54) is 0 Å². The molecule has 6 heteroatoms. The predicted molar refractivity (Wildman–Crippen MR) is 90.9 cm³/mol. The highest BCUT2D eigenvalue weighted by Gasteiger charge is 2.18. The molecule has 0 unspecified atom stereocenters. The highest BCUT2D eigenvalue weighted by molar-refractivity contribution is 5.92. The van der Waals surface area contributed by atoms with Crippen LogP contribution in [0.15, 0.2) is 45.6 Å². The first-order chi connectivity index (χ1) is 11.3. The zero-order valence-corrected chi connectivity index (χ0v) is 13.8. The van der Waals surface area contributed by atoms with E-state index in [0.717, 1.165) is 11.0 Å². The summed E-state index contributed by atoms with van der Waals surface area (Å²) in [5, 5.41) is 3.71. The molecule has 3 aromatic rings. The van der Waals surface area contributed by atoms with Gasteiger partial charge in [-0.1, -0.05) is 39.0 Å². The number of aromatic amines is 1. The SMILES string of the molecule is CC(C)(C)c1cc(C(=O)NCc2cc3ccccc3o2)nc(=O)[nH]1. The average molecular weight is 325 g/mol. The summed E-state index contributed by atoms with van der Waals surface area (Å²) >= 11 is 0. The van der Waals surface area contributed by atoms with Gasteiger partial charge < -0.3 is 14.7 Å². The number of nitrogens with zero attached hydrogens (tertiary/aromatic N) is 1. The van der Waals surface area contributed by atoms with Gasteiger partial charge in [0, 0.05) is 16.5 Å². The van der Waals surface area contributed by atoms with Gasteiger partial charge in [-0.2, -0.15) is 4.98 Å². The standard InChI is InChI=1S/C18H19N3O3/c1-18(2,3)15-9-13(20-17(23)21-15)16(22)19-10-12-8-11-6-4-5-7-14(11)24-12/h4-9H,10H2,1-3H3,(H,19,22)(H,20,21,23). The number of furan rings is 1. The van der Waals surface area contributed by atoms with Crippen LogP contribution >= 0.6 is 0 Å². The van der Waals surface area contributed by atoms with Crippen LogP contribution < -0.4 is 11.0 Å². The minimum Gasteiger partial charge on any atom is -0.459 e. The number of carbonyl (C=O) groups is 1. The Morgan fingerprint density at radius 1 is 1.25 bits per heavy atom. The highest BCUT2D eigenvalue weighted by atomic mass is 16.3. The molecule has 0 bridgehead atoms. The molecule has 2 aromatic heterocycles. The summed E-state index contributed by atoms with van der Waals surface area (Å²) in [4.78, 5) is 30.4. The fraction of sp³-hybridized carbons (Fsp3) is 0.278. The second kappa shape index (κ2) is 5.96. The van der Waals surface area contributed by atoms with Gasteiger partial charge in [0.2, 0.25) is 0 Å². The number of hydrogen-bond donors (Lipinski definition) is 2. The number of fused-ring (bicyclic) bond motifs is 1. The van der Waals surface area contributed by atoms with Gasteiger partial charge in [0.05, 0.1) is 6.54 Å². The van der Waals surface area contributed by atoms with E-state index in [0.29, 0.717) is 11.5 Å². The van der Waals surface area contributed by atoms with Gasteiger partial charge in [-0.15, -0.1) is 0 Å². The molecule has 2 heterocycles. The first kappa shape index (κ1) is 16.0. The highest BCUT2D eigenvalue weighted by Crippen LogP contribution is 2.20. The molecule has 0 radical (unpaired) electrons. The van der Waals surface area contributed by atoms with Crippen molar-refractivity contribution in [1.82, 2.24) is 15.3 Å². The van der Waals surface area contributed by atoms with Crippen molar-refractivity contribution in [2.75, 3.05) is 0 Å². The van der Waals surface area contributed by atoms with Crippen LogP contribution in [0.4, 0.5) is 0 Å². The Balaban J connectivity index is 1.77. The lowest BCUT2D eigenvalue weighted by atomic mass is 9.91. The van der Waals surface area contributed by atoms with E-state index in [-0.39, 0.29) is 17.7 Å². The lowest BCUT2D eigenvalue weighted by molar-refractivity contribution is 0.0942. The van der Waals surface area contributed by atoms with Crippen LogP contribution in [0.25, 0.3) is 11.0 Å². The number of H-pyrrole nitrogens is 1. The molecule has 0 aliphatic heterocycles. The van der Waals surface area contributed by atoms with Crippen molar-refractivity contribution in [1.29, 1.82) is 0 Å². The maximum absolute atomic E-state index is 12.3. The minimum atomic E-state index is -0.531. The molecule has 0 aliphatic rings. The fourth-order valence-electron chi connectivity index (χ4n) is 2.36. The fourth-order valence-corrected chi connectivity index (χ4v) is 2.36. The molecule has 1 aromatic carbocycles. The lowest BCUT2D eigenvalue weighted by Gasteiger charge is -2.18. The summed E-state index contributed by atoms with van der Waals surface area (Å²) in [5.74, 6) is 0.234. The van der Waals surface area contributed by atoms with E-state index in [1.807, 2.05) is 51.1 Å². The molecule has 6 nitrogen and oxygen atoms in total. The summed E-state index contributed by atoms with van der Waals surface area (Å²) < 4.78 is 5.65. The van der Waals surface area contributed by atoms with Crippen molar-refractivity contribution >= 4 is 16.9 Å². The third kappa shape index (κ3) is 3.37. The molecule has 2 N–H and O–H groups in total. The molecule has 1 amide bonds. The largest absolute Gasteiger partial charge is 0.459 e. The smallest absolute Gasteiger partial charge is 0.345 e. The zero-order chi connectivity index (χ0) is 17.3. The molecule has 3 rings (SSSR count). The van der Waals surface area contributed by atoms with Crippen LogP contribution in [-0.4, -0.2) is 15.9 Å². The Hall–Kier alpha value is -2.89. The Kier molecular flexibility index (Phi) is 3.97. The van der Waals surface area contributed by atoms with Gasteiger partial charge in [-0.25, -0.2) is 4.79 Å². The lowest BCUT2D eigenvalue weighted by Crippen LogP contribution is -2.29. The van der Waals surface area contributed by atoms with Crippen LogP contribution in [0.3, 0.4) is 0 Å². The summed E-state index contributed by atoms with van der Waals surface area (Å²) in [5.41, 5.74) is 0.717. The number of benzene rings is 1. The summed E-state index contributed by atoms with van der Waals surface area (Å²) in [6.45, 7) is 6.09. The number of para-hydroxylation sites is 1. The quantitative estimate of drug-likeness (QED) is 0.775.